The molecule has 0 heterocycles. The first-order valence-electron chi connectivity index (χ1n) is 7.55. The molecule has 0 rings (SSSR count). The van der Waals surface area contributed by atoms with Gasteiger partial charge in [-0.1, -0.05) is 20.8 Å². The summed E-state index contributed by atoms with van der Waals surface area (Å²) in [6.45, 7) is 12.1. The van der Waals surface area contributed by atoms with Crippen LogP contribution in [0.5, 0.6) is 0 Å². The zero-order chi connectivity index (χ0) is 21.9. The van der Waals surface area contributed by atoms with Crippen LogP contribution in [0.25, 0.3) is 0 Å². The van der Waals surface area contributed by atoms with Crippen LogP contribution in [0.3, 0.4) is 0 Å². The van der Waals surface area contributed by atoms with E-state index in [0.717, 1.165) is 18.2 Å². The van der Waals surface area contributed by atoms with Crippen LogP contribution >= 0.6 is 0 Å². The molecule has 0 saturated carbocycles. The van der Waals surface area contributed by atoms with E-state index >= 15 is 0 Å². The molecular formula is C18H28O7Ti. The van der Waals surface area contributed by atoms with Crippen LogP contribution in [0.15, 0.2) is 35.5 Å². The average Bonchev–Trinajstić information content (AvgIpc) is 2.35. The third-order valence-electron chi connectivity index (χ3n) is 1.46. The van der Waals surface area contributed by atoms with Crippen LogP contribution in [-0.4, -0.2) is 23.5 Å². The van der Waals surface area contributed by atoms with E-state index in [0.29, 0.717) is 6.10 Å². The van der Waals surface area contributed by atoms with Crippen molar-refractivity contribution in [2.24, 2.45) is 0 Å². The Kier molecular flexibility index (Phi) is 26.3. The van der Waals surface area contributed by atoms with E-state index in [-0.39, 0.29) is 34.6 Å². The standard InChI is InChI=1S/3C5H8O2.C3H7O.Ti/c3*1-4(6)3-5(2)7;1-3(2)4;/h3*3,6H,1-2H3;3H,1-2H3;/q;;;-1;+4/p-3/b3*4-3-;;. The van der Waals surface area contributed by atoms with Crippen molar-refractivity contribution in [1.82, 2.24) is 0 Å². The molecule has 0 aromatic heterocycles. The minimum atomic E-state index is -0.187. The first kappa shape index (κ1) is 32.0. The third kappa shape index (κ3) is 66.9. The molecule has 0 saturated heterocycles. The van der Waals surface area contributed by atoms with Crippen LogP contribution in [0.2, 0.25) is 0 Å². The van der Waals surface area contributed by atoms with E-state index in [1.54, 1.807) is 20.8 Å². The molecule has 0 radical (unpaired) electrons. The number of carbonyl (C=O) groups excluding carboxylic acids is 3. The van der Waals surface area contributed by atoms with Crippen molar-refractivity contribution < 1.29 is 53.8 Å². The topological polar surface area (TPSA) is 130 Å². The van der Waals surface area contributed by atoms with Crippen molar-refractivity contribution in [3.05, 3.63) is 35.5 Å². The number of carbonyl (C=O) groups is 3. The fourth-order valence-electron chi connectivity index (χ4n) is 0.859. The Labute approximate surface area is 168 Å². The molecule has 7 nitrogen and oxygen atoms in total. The number of allylic oxidation sites excluding steroid dienone is 6. The first-order chi connectivity index (χ1) is 11.6. The Bertz CT molecular complexity index is 425. The summed E-state index contributed by atoms with van der Waals surface area (Å²) in [4.78, 5) is 29.9. The average molecular weight is 404 g/mol. The van der Waals surface area contributed by atoms with Gasteiger partial charge in [-0.3, -0.25) is 14.4 Å². The first-order valence-corrected chi connectivity index (χ1v) is 8.19. The van der Waals surface area contributed by atoms with E-state index in [9.17, 15) is 29.7 Å². The fraction of sp³-hybridized carbons (Fsp3) is 0.500. The quantitative estimate of drug-likeness (QED) is 0.376. The SMILES string of the molecule is CC(=O)/C=C(/C)[O-].CC(=O)/C=C(/C)[O-].CC(=O)/C=C(/C)[O-].CC(C)[O][Ti+3]. The van der Waals surface area contributed by atoms with Gasteiger partial charge in [0, 0.05) is 0 Å². The van der Waals surface area contributed by atoms with Gasteiger partial charge in [0.2, 0.25) is 0 Å². The molecule has 0 N–H and O–H groups in total. The van der Waals surface area contributed by atoms with Gasteiger partial charge in [-0.15, -0.1) is 17.3 Å². The maximum absolute atomic E-state index is 9.98. The molecule has 0 unspecified atom stereocenters. The van der Waals surface area contributed by atoms with Gasteiger partial charge >= 0.3 is 44.1 Å². The summed E-state index contributed by atoms with van der Waals surface area (Å²) in [6.07, 6.45) is 3.55. The summed E-state index contributed by atoms with van der Waals surface area (Å²) in [6, 6.07) is 0. The van der Waals surface area contributed by atoms with Gasteiger partial charge in [0.05, 0.1) is 0 Å². The number of rotatable bonds is 4. The number of ketones is 3. The second-order valence-electron chi connectivity index (χ2n) is 5.26. The third-order valence-corrected chi connectivity index (χ3v) is 2.19. The van der Waals surface area contributed by atoms with Crippen LogP contribution < -0.4 is 15.3 Å². The Morgan fingerprint density at radius 3 is 0.846 bits per heavy atom. The van der Waals surface area contributed by atoms with Crippen molar-refractivity contribution in [3.8, 4) is 0 Å². The summed E-state index contributed by atoms with van der Waals surface area (Å²) in [5.41, 5.74) is 0. The Morgan fingerprint density at radius 2 is 0.846 bits per heavy atom. The van der Waals surface area contributed by atoms with Crippen LogP contribution in [0.4, 0.5) is 0 Å². The van der Waals surface area contributed by atoms with Crippen molar-refractivity contribution in [2.45, 2.75) is 61.5 Å². The van der Waals surface area contributed by atoms with Crippen molar-refractivity contribution >= 4 is 17.3 Å². The normalized spacial score (nSPS) is 11.1. The molecule has 146 valence electrons. The zero-order valence-corrected chi connectivity index (χ0v) is 18.2. The van der Waals surface area contributed by atoms with Gasteiger partial charge in [0.15, 0.2) is 17.3 Å². The molecule has 0 atom stereocenters. The van der Waals surface area contributed by atoms with Crippen molar-refractivity contribution in [1.29, 1.82) is 0 Å². The second kappa shape index (κ2) is 21.3. The van der Waals surface area contributed by atoms with E-state index in [4.69, 9.17) is 3.32 Å². The van der Waals surface area contributed by atoms with Gasteiger partial charge in [0.1, 0.15) is 0 Å². The predicted molar refractivity (Wildman–Crippen MR) is 89.5 cm³/mol. The van der Waals surface area contributed by atoms with Gasteiger partial charge in [-0.25, -0.2) is 0 Å². The molecule has 0 aromatic rings. The minimum absolute atomic E-state index is 0.187. The summed E-state index contributed by atoms with van der Waals surface area (Å²) in [5, 5.41) is 29.9. The molecule has 0 fully saturated rings. The van der Waals surface area contributed by atoms with Gasteiger partial charge in [-0.2, -0.15) is 0 Å². The monoisotopic (exact) mass is 404 g/mol. The molecule has 0 aliphatic carbocycles. The molecule has 0 spiro atoms. The Hall–Kier alpha value is -1.70. The molecule has 0 bridgehead atoms. The second-order valence-corrected chi connectivity index (χ2v) is 5.63. The van der Waals surface area contributed by atoms with Crippen LogP contribution in [0, 0.1) is 0 Å². The van der Waals surface area contributed by atoms with Gasteiger partial charge < -0.3 is 15.3 Å². The van der Waals surface area contributed by atoms with Gasteiger partial charge in [-0.05, 0) is 39.0 Å². The van der Waals surface area contributed by atoms with Gasteiger partial charge in [0.25, 0.3) is 0 Å². The Balaban J connectivity index is -0.000000125. The van der Waals surface area contributed by atoms with E-state index in [2.05, 4.69) is 0 Å². The Morgan fingerprint density at radius 1 is 0.692 bits per heavy atom. The molecule has 8 heteroatoms. The number of hydrogen-bond donors (Lipinski definition) is 0. The molecular weight excluding hydrogens is 376 g/mol. The summed E-state index contributed by atoms with van der Waals surface area (Å²) >= 11 is 1.70. The summed E-state index contributed by atoms with van der Waals surface area (Å²) in [5.74, 6) is -1.12. The van der Waals surface area contributed by atoms with E-state index in [1.165, 1.54) is 41.5 Å². The maximum atomic E-state index is 9.98. The van der Waals surface area contributed by atoms with E-state index < -0.39 is 0 Å². The van der Waals surface area contributed by atoms with Crippen LogP contribution in [0.1, 0.15) is 55.4 Å². The molecule has 0 aliphatic heterocycles. The predicted octanol–water partition coefficient (Wildman–Crippen LogP) is 0.392. The number of hydrogen-bond acceptors (Lipinski definition) is 7. The summed E-state index contributed by atoms with van der Waals surface area (Å²) < 4.78 is 4.75. The zero-order valence-electron chi connectivity index (χ0n) is 16.7. The molecule has 0 aliphatic rings. The van der Waals surface area contributed by atoms with Crippen molar-refractivity contribution in [3.63, 3.8) is 0 Å². The van der Waals surface area contributed by atoms with Crippen LogP contribution in [-0.2, 0) is 38.5 Å². The summed E-state index contributed by atoms with van der Waals surface area (Å²) in [7, 11) is 0. The molecule has 0 aromatic carbocycles. The fourth-order valence-corrected chi connectivity index (χ4v) is 0.859. The molecule has 26 heavy (non-hydrogen) atoms. The van der Waals surface area contributed by atoms with E-state index in [1.807, 2.05) is 13.8 Å². The molecule has 0 amide bonds. The van der Waals surface area contributed by atoms with Crippen molar-refractivity contribution in [2.75, 3.05) is 0 Å².